The van der Waals surface area contributed by atoms with Crippen molar-refractivity contribution >= 4 is 23.1 Å². The van der Waals surface area contributed by atoms with Gasteiger partial charge in [0.25, 0.3) is 0 Å². The first-order chi connectivity index (χ1) is 8.25. The molecule has 6 heteroatoms. The fraction of sp³-hybridized carbons (Fsp3) is 0.182. The number of carbonyl (C=O) groups excluding carboxylic acids is 1. The van der Waals surface area contributed by atoms with E-state index in [1.165, 1.54) is 6.20 Å². The molecule has 0 saturated carbocycles. The molecule has 2 aromatic heterocycles. The van der Waals surface area contributed by atoms with Gasteiger partial charge < -0.3 is 11.1 Å². The van der Waals surface area contributed by atoms with E-state index in [-0.39, 0.29) is 0 Å². The summed E-state index contributed by atoms with van der Waals surface area (Å²) < 4.78 is 0. The van der Waals surface area contributed by atoms with Crippen molar-refractivity contribution in [3.05, 3.63) is 40.5 Å². The Labute approximate surface area is 103 Å². The van der Waals surface area contributed by atoms with Crippen LogP contribution in [0.15, 0.2) is 29.2 Å². The summed E-state index contributed by atoms with van der Waals surface area (Å²) in [5.74, 6) is 0.261. The minimum atomic E-state index is -0.466. The first-order valence-corrected chi connectivity index (χ1v) is 6.07. The Morgan fingerprint density at radius 3 is 2.88 bits per heavy atom. The average Bonchev–Trinajstić information content (AvgIpc) is 2.83. The van der Waals surface area contributed by atoms with Crippen LogP contribution in [-0.4, -0.2) is 22.4 Å². The Balaban J connectivity index is 1.85. The van der Waals surface area contributed by atoms with Crippen molar-refractivity contribution in [2.24, 2.45) is 5.73 Å². The number of rotatable bonds is 5. The topological polar surface area (TPSA) is 80.9 Å². The molecule has 0 unspecified atom stereocenters. The molecule has 0 aliphatic rings. The summed E-state index contributed by atoms with van der Waals surface area (Å²) in [5.41, 5.74) is 8.41. The van der Waals surface area contributed by atoms with E-state index in [2.05, 4.69) is 15.3 Å². The van der Waals surface area contributed by atoms with Gasteiger partial charge in [-0.2, -0.15) is 0 Å². The van der Waals surface area contributed by atoms with Crippen molar-refractivity contribution in [2.45, 2.75) is 6.42 Å². The van der Waals surface area contributed by atoms with Gasteiger partial charge in [0.15, 0.2) is 0 Å². The second kappa shape index (κ2) is 5.40. The Morgan fingerprint density at radius 2 is 2.29 bits per heavy atom. The normalized spacial score (nSPS) is 10.1. The highest BCUT2D eigenvalue weighted by atomic mass is 32.1. The van der Waals surface area contributed by atoms with E-state index < -0.39 is 5.91 Å². The summed E-state index contributed by atoms with van der Waals surface area (Å²) >= 11 is 1.59. The SMILES string of the molecule is NC(=O)c1ccc(NCCc2cscn2)nc1. The van der Waals surface area contributed by atoms with Gasteiger partial charge in [-0.15, -0.1) is 11.3 Å². The van der Waals surface area contributed by atoms with Gasteiger partial charge in [0.1, 0.15) is 5.82 Å². The van der Waals surface area contributed by atoms with Gasteiger partial charge in [-0.25, -0.2) is 9.97 Å². The van der Waals surface area contributed by atoms with E-state index in [1.54, 1.807) is 23.5 Å². The highest BCUT2D eigenvalue weighted by molar-refractivity contribution is 7.07. The van der Waals surface area contributed by atoms with Gasteiger partial charge in [-0.3, -0.25) is 4.79 Å². The van der Waals surface area contributed by atoms with Crippen LogP contribution in [0.25, 0.3) is 0 Å². The number of hydrogen-bond donors (Lipinski definition) is 2. The first-order valence-electron chi connectivity index (χ1n) is 5.12. The fourth-order valence-corrected chi connectivity index (χ4v) is 1.92. The van der Waals surface area contributed by atoms with Gasteiger partial charge in [0, 0.05) is 24.5 Å². The zero-order chi connectivity index (χ0) is 12.1. The molecule has 5 nitrogen and oxygen atoms in total. The maximum atomic E-state index is 10.8. The summed E-state index contributed by atoms with van der Waals surface area (Å²) in [5, 5.41) is 5.17. The number of primary amides is 1. The van der Waals surface area contributed by atoms with Crippen LogP contribution in [-0.2, 0) is 6.42 Å². The van der Waals surface area contributed by atoms with Crippen molar-refractivity contribution in [3.63, 3.8) is 0 Å². The second-order valence-corrected chi connectivity index (χ2v) is 4.17. The summed E-state index contributed by atoms with van der Waals surface area (Å²) in [6.07, 6.45) is 2.32. The van der Waals surface area contributed by atoms with Crippen LogP contribution >= 0.6 is 11.3 Å². The molecular weight excluding hydrogens is 236 g/mol. The average molecular weight is 248 g/mol. The second-order valence-electron chi connectivity index (χ2n) is 3.45. The summed E-state index contributed by atoms with van der Waals surface area (Å²) in [6.45, 7) is 0.757. The number of pyridine rings is 1. The summed E-state index contributed by atoms with van der Waals surface area (Å²) in [7, 11) is 0. The smallest absolute Gasteiger partial charge is 0.250 e. The maximum absolute atomic E-state index is 10.8. The molecule has 17 heavy (non-hydrogen) atoms. The van der Waals surface area contributed by atoms with E-state index in [4.69, 9.17) is 5.73 Å². The monoisotopic (exact) mass is 248 g/mol. The number of carbonyl (C=O) groups is 1. The zero-order valence-corrected chi connectivity index (χ0v) is 9.91. The van der Waals surface area contributed by atoms with Crippen molar-refractivity contribution in [1.29, 1.82) is 0 Å². The Morgan fingerprint density at radius 1 is 1.41 bits per heavy atom. The lowest BCUT2D eigenvalue weighted by Crippen LogP contribution is -2.12. The molecule has 1 amide bonds. The van der Waals surface area contributed by atoms with E-state index in [1.807, 2.05) is 10.9 Å². The number of nitrogens with two attached hydrogens (primary N) is 1. The number of amides is 1. The standard InChI is InChI=1S/C11H12N4OS/c12-11(16)8-1-2-10(14-5-8)13-4-3-9-6-17-7-15-9/h1-2,5-7H,3-4H2,(H2,12,16)(H,13,14). The number of aromatic nitrogens is 2. The molecule has 0 saturated heterocycles. The number of anilines is 1. The molecule has 0 radical (unpaired) electrons. The lowest BCUT2D eigenvalue weighted by Gasteiger charge is -2.04. The van der Waals surface area contributed by atoms with Crippen LogP contribution in [0.2, 0.25) is 0 Å². The molecule has 0 bridgehead atoms. The molecule has 0 fully saturated rings. The quantitative estimate of drug-likeness (QED) is 0.835. The predicted octanol–water partition coefficient (Wildman–Crippen LogP) is 1.29. The van der Waals surface area contributed by atoms with Gasteiger partial charge in [0.05, 0.1) is 16.8 Å². The molecule has 0 aliphatic carbocycles. The van der Waals surface area contributed by atoms with Crippen LogP contribution in [0.4, 0.5) is 5.82 Å². The molecule has 2 rings (SSSR count). The lowest BCUT2D eigenvalue weighted by atomic mass is 10.2. The molecule has 2 heterocycles. The van der Waals surface area contributed by atoms with E-state index in [0.29, 0.717) is 5.56 Å². The molecule has 88 valence electrons. The third-order valence-corrected chi connectivity index (χ3v) is 2.85. The number of nitrogens with one attached hydrogen (secondary N) is 1. The lowest BCUT2D eigenvalue weighted by molar-refractivity contribution is 0.1000. The van der Waals surface area contributed by atoms with Crippen LogP contribution in [0.5, 0.6) is 0 Å². The molecule has 0 aliphatic heterocycles. The van der Waals surface area contributed by atoms with Crippen molar-refractivity contribution in [3.8, 4) is 0 Å². The largest absolute Gasteiger partial charge is 0.370 e. The van der Waals surface area contributed by atoms with Crippen molar-refractivity contribution in [1.82, 2.24) is 9.97 Å². The zero-order valence-electron chi connectivity index (χ0n) is 9.09. The van der Waals surface area contributed by atoms with Gasteiger partial charge in [-0.05, 0) is 12.1 Å². The Hall–Kier alpha value is -1.95. The molecule has 2 aromatic rings. The maximum Gasteiger partial charge on any atom is 0.250 e. The third kappa shape index (κ3) is 3.25. The molecule has 3 N–H and O–H groups in total. The fourth-order valence-electron chi connectivity index (χ4n) is 1.32. The van der Waals surface area contributed by atoms with E-state index in [0.717, 1.165) is 24.5 Å². The van der Waals surface area contributed by atoms with E-state index in [9.17, 15) is 4.79 Å². The van der Waals surface area contributed by atoms with Gasteiger partial charge in [-0.1, -0.05) is 0 Å². The summed E-state index contributed by atoms with van der Waals surface area (Å²) in [4.78, 5) is 19.1. The predicted molar refractivity (Wildman–Crippen MR) is 67.1 cm³/mol. The Bertz CT molecular complexity index is 481. The first kappa shape index (κ1) is 11.5. The van der Waals surface area contributed by atoms with Crippen molar-refractivity contribution < 1.29 is 4.79 Å². The molecule has 0 atom stereocenters. The van der Waals surface area contributed by atoms with Crippen molar-refractivity contribution in [2.75, 3.05) is 11.9 Å². The van der Waals surface area contributed by atoms with Crippen LogP contribution in [0, 0.1) is 0 Å². The van der Waals surface area contributed by atoms with Gasteiger partial charge in [0.2, 0.25) is 5.91 Å². The number of thiazole rings is 1. The number of nitrogens with zero attached hydrogens (tertiary/aromatic N) is 2. The van der Waals surface area contributed by atoms with Crippen LogP contribution in [0.3, 0.4) is 0 Å². The Kier molecular flexibility index (Phi) is 3.66. The minimum absolute atomic E-state index is 0.412. The minimum Gasteiger partial charge on any atom is -0.370 e. The van der Waals surface area contributed by atoms with E-state index >= 15 is 0 Å². The number of hydrogen-bond acceptors (Lipinski definition) is 5. The highest BCUT2D eigenvalue weighted by Crippen LogP contribution is 2.06. The molecule has 0 aromatic carbocycles. The third-order valence-electron chi connectivity index (χ3n) is 2.22. The van der Waals surface area contributed by atoms with Crippen LogP contribution < -0.4 is 11.1 Å². The van der Waals surface area contributed by atoms with Crippen LogP contribution in [0.1, 0.15) is 16.1 Å². The molecule has 0 spiro atoms. The highest BCUT2D eigenvalue weighted by Gasteiger charge is 2.00. The van der Waals surface area contributed by atoms with Gasteiger partial charge >= 0.3 is 0 Å². The molecular formula is C11H12N4OS. The summed E-state index contributed by atoms with van der Waals surface area (Å²) in [6, 6.07) is 3.39.